The second-order valence-electron chi connectivity index (χ2n) is 6.53. The first-order chi connectivity index (χ1) is 11.2. The number of hydrogen-bond acceptors (Lipinski definition) is 3. The van der Waals surface area contributed by atoms with Crippen molar-refractivity contribution >= 4 is 45.9 Å². The van der Waals surface area contributed by atoms with Gasteiger partial charge in [-0.1, -0.05) is 44.0 Å². The third-order valence-electron chi connectivity index (χ3n) is 3.49. The van der Waals surface area contributed by atoms with Gasteiger partial charge in [0, 0.05) is 16.0 Å². The second kappa shape index (κ2) is 6.11. The van der Waals surface area contributed by atoms with Gasteiger partial charge in [-0.15, -0.1) is 0 Å². The Bertz CT molecular complexity index is 926. The summed E-state index contributed by atoms with van der Waals surface area (Å²) in [6, 6.07) is 10.5. The average Bonchev–Trinajstić information content (AvgIpc) is 2.91. The zero-order chi connectivity index (χ0) is 17.5. The van der Waals surface area contributed by atoms with Gasteiger partial charge in [-0.2, -0.15) is 0 Å². The smallest absolute Gasteiger partial charge is 0.229 e. The van der Waals surface area contributed by atoms with Crippen molar-refractivity contribution in [3.8, 4) is 11.5 Å². The molecule has 4 nitrogen and oxygen atoms in total. The number of nitrogens with one attached hydrogen (secondary N) is 1. The molecule has 3 rings (SSSR count). The Balaban J connectivity index is 1.99. The van der Waals surface area contributed by atoms with Crippen LogP contribution in [-0.2, 0) is 4.79 Å². The lowest BCUT2D eigenvalue weighted by Crippen LogP contribution is -2.27. The standard InChI is InChI=1S/C18H16Cl2N2O2/c1-18(2,3)17(23)22-13-8-10(4-6-12(13)20)16-21-14-9-11(19)5-7-15(14)24-16/h4-9H,1-3H3,(H,22,23). The Hall–Kier alpha value is -2.04. The van der Waals surface area contributed by atoms with Gasteiger partial charge in [0.15, 0.2) is 5.58 Å². The Morgan fingerprint density at radius 3 is 2.58 bits per heavy atom. The molecule has 0 fully saturated rings. The van der Waals surface area contributed by atoms with Crippen molar-refractivity contribution in [3.05, 3.63) is 46.4 Å². The van der Waals surface area contributed by atoms with Gasteiger partial charge in [0.1, 0.15) is 5.52 Å². The predicted octanol–water partition coefficient (Wildman–Crippen LogP) is 5.79. The fourth-order valence-corrected chi connectivity index (χ4v) is 2.42. The predicted molar refractivity (Wildman–Crippen MR) is 97.5 cm³/mol. The number of anilines is 1. The molecule has 0 aliphatic carbocycles. The number of aromatic nitrogens is 1. The molecule has 0 radical (unpaired) electrons. The van der Waals surface area contributed by atoms with E-state index in [0.29, 0.717) is 32.7 Å². The molecule has 3 aromatic rings. The molecule has 124 valence electrons. The summed E-state index contributed by atoms with van der Waals surface area (Å²) in [5.41, 5.74) is 2.04. The number of benzene rings is 2. The van der Waals surface area contributed by atoms with Gasteiger partial charge in [0.2, 0.25) is 11.8 Å². The van der Waals surface area contributed by atoms with Crippen molar-refractivity contribution in [1.29, 1.82) is 0 Å². The molecule has 24 heavy (non-hydrogen) atoms. The van der Waals surface area contributed by atoms with Crippen molar-refractivity contribution in [1.82, 2.24) is 4.98 Å². The number of amides is 1. The van der Waals surface area contributed by atoms with Gasteiger partial charge in [0.05, 0.1) is 10.7 Å². The lowest BCUT2D eigenvalue weighted by Gasteiger charge is -2.18. The number of carbonyl (C=O) groups excluding carboxylic acids is 1. The van der Waals surface area contributed by atoms with E-state index in [1.165, 1.54) is 0 Å². The van der Waals surface area contributed by atoms with Crippen molar-refractivity contribution in [2.45, 2.75) is 20.8 Å². The number of rotatable bonds is 2. The monoisotopic (exact) mass is 362 g/mol. The number of oxazole rings is 1. The molecule has 0 aliphatic heterocycles. The lowest BCUT2D eigenvalue weighted by molar-refractivity contribution is -0.123. The van der Waals surface area contributed by atoms with Crippen LogP contribution in [0.4, 0.5) is 5.69 Å². The summed E-state index contributed by atoms with van der Waals surface area (Å²) in [7, 11) is 0. The average molecular weight is 363 g/mol. The Morgan fingerprint density at radius 1 is 1.12 bits per heavy atom. The van der Waals surface area contributed by atoms with Crippen LogP contribution < -0.4 is 5.32 Å². The van der Waals surface area contributed by atoms with Crippen LogP contribution in [0.25, 0.3) is 22.6 Å². The molecule has 6 heteroatoms. The highest BCUT2D eigenvalue weighted by atomic mass is 35.5. The van der Waals surface area contributed by atoms with Crippen LogP contribution in [0.15, 0.2) is 40.8 Å². The maximum Gasteiger partial charge on any atom is 0.229 e. The fourth-order valence-electron chi connectivity index (χ4n) is 2.09. The van der Waals surface area contributed by atoms with Crippen LogP contribution in [-0.4, -0.2) is 10.9 Å². The maximum atomic E-state index is 12.2. The highest BCUT2D eigenvalue weighted by Crippen LogP contribution is 2.32. The minimum absolute atomic E-state index is 0.120. The van der Waals surface area contributed by atoms with E-state index < -0.39 is 5.41 Å². The van der Waals surface area contributed by atoms with E-state index in [2.05, 4.69) is 10.3 Å². The molecule has 0 spiro atoms. The molecule has 0 unspecified atom stereocenters. The minimum atomic E-state index is -0.520. The van der Waals surface area contributed by atoms with Gasteiger partial charge < -0.3 is 9.73 Å². The first-order valence-corrected chi connectivity index (χ1v) is 8.17. The summed E-state index contributed by atoms with van der Waals surface area (Å²) >= 11 is 12.2. The van der Waals surface area contributed by atoms with E-state index in [9.17, 15) is 4.79 Å². The topological polar surface area (TPSA) is 55.1 Å². The largest absolute Gasteiger partial charge is 0.436 e. The third-order valence-corrected chi connectivity index (χ3v) is 4.06. The van der Waals surface area contributed by atoms with Crippen molar-refractivity contribution < 1.29 is 9.21 Å². The molecule has 1 heterocycles. The summed E-state index contributed by atoms with van der Waals surface area (Å²) < 4.78 is 5.75. The first-order valence-electron chi connectivity index (χ1n) is 7.41. The van der Waals surface area contributed by atoms with Crippen LogP contribution in [0.2, 0.25) is 10.0 Å². The van der Waals surface area contributed by atoms with Crippen molar-refractivity contribution in [3.63, 3.8) is 0 Å². The van der Waals surface area contributed by atoms with E-state index >= 15 is 0 Å². The van der Waals surface area contributed by atoms with E-state index in [-0.39, 0.29) is 5.91 Å². The van der Waals surface area contributed by atoms with Crippen LogP contribution in [0.3, 0.4) is 0 Å². The zero-order valence-corrected chi connectivity index (χ0v) is 15.0. The Morgan fingerprint density at radius 2 is 1.88 bits per heavy atom. The molecule has 2 aromatic carbocycles. The zero-order valence-electron chi connectivity index (χ0n) is 13.5. The molecule has 0 saturated heterocycles. The Kier molecular flexibility index (Phi) is 4.28. The van der Waals surface area contributed by atoms with Crippen LogP contribution in [0.5, 0.6) is 0 Å². The molecule has 0 bridgehead atoms. The fraction of sp³-hybridized carbons (Fsp3) is 0.222. The Labute approximate surface area is 149 Å². The molecular weight excluding hydrogens is 347 g/mol. The highest BCUT2D eigenvalue weighted by Gasteiger charge is 2.22. The number of nitrogens with zero attached hydrogens (tertiary/aromatic N) is 1. The van der Waals surface area contributed by atoms with Crippen LogP contribution in [0.1, 0.15) is 20.8 Å². The van der Waals surface area contributed by atoms with Gasteiger partial charge >= 0.3 is 0 Å². The molecule has 1 aromatic heterocycles. The van der Waals surface area contributed by atoms with E-state index in [1.807, 2.05) is 20.8 Å². The van der Waals surface area contributed by atoms with Crippen molar-refractivity contribution in [2.24, 2.45) is 5.41 Å². The lowest BCUT2D eigenvalue weighted by atomic mass is 9.95. The molecule has 0 atom stereocenters. The maximum absolute atomic E-state index is 12.2. The van der Waals surface area contributed by atoms with Crippen LogP contribution >= 0.6 is 23.2 Å². The quantitative estimate of drug-likeness (QED) is 0.627. The summed E-state index contributed by atoms with van der Waals surface area (Å²) in [5.74, 6) is 0.320. The minimum Gasteiger partial charge on any atom is -0.436 e. The summed E-state index contributed by atoms with van der Waals surface area (Å²) in [4.78, 5) is 16.6. The molecule has 1 amide bonds. The van der Waals surface area contributed by atoms with Crippen molar-refractivity contribution in [2.75, 3.05) is 5.32 Å². The molecule has 0 saturated carbocycles. The van der Waals surface area contributed by atoms with Crippen LogP contribution in [0, 0.1) is 5.41 Å². The van der Waals surface area contributed by atoms with Gasteiger partial charge in [-0.25, -0.2) is 4.98 Å². The number of halogens is 2. The normalized spacial score (nSPS) is 11.7. The van der Waals surface area contributed by atoms with E-state index in [4.69, 9.17) is 27.6 Å². The number of hydrogen-bond donors (Lipinski definition) is 1. The van der Waals surface area contributed by atoms with Gasteiger partial charge in [-0.05, 0) is 36.4 Å². The van der Waals surface area contributed by atoms with E-state index in [0.717, 1.165) is 5.56 Å². The highest BCUT2D eigenvalue weighted by molar-refractivity contribution is 6.34. The molecular formula is C18H16Cl2N2O2. The summed E-state index contributed by atoms with van der Waals surface area (Å²) in [6.45, 7) is 5.51. The number of fused-ring (bicyclic) bond motifs is 1. The summed E-state index contributed by atoms with van der Waals surface area (Å²) in [6.07, 6.45) is 0. The first kappa shape index (κ1) is 16.8. The van der Waals surface area contributed by atoms with Gasteiger partial charge in [-0.3, -0.25) is 4.79 Å². The number of carbonyl (C=O) groups is 1. The van der Waals surface area contributed by atoms with Gasteiger partial charge in [0.25, 0.3) is 0 Å². The second-order valence-corrected chi connectivity index (χ2v) is 7.37. The van der Waals surface area contributed by atoms with E-state index in [1.54, 1.807) is 36.4 Å². The molecule has 1 N–H and O–H groups in total. The third kappa shape index (κ3) is 3.40. The summed E-state index contributed by atoms with van der Waals surface area (Å²) in [5, 5.41) is 3.89. The SMILES string of the molecule is CC(C)(C)C(=O)Nc1cc(-c2nc3cc(Cl)ccc3o2)ccc1Cl. The molecule has 0 aliphatic rings.